The normalized spacial score (nSPS) is 20.6. The van der Waals surface area contributed by atoms with Gasteiger partial charge in [0.25, 0.3) is 0 Å². The van der Waals surface area contributed by atoms with Crippen LogP contribution in [-0.2, 0) is 27.2 Å². The zero-order valence-electron chi connectivity index (χ0n) is 47.2. The average Bonchev–Trinajstić information content (AvgIpc) is 4.36. The molecule has 7 aromatic rings. The first kappa shape index (κ1) is 56.5. The predicted octanol–water partition coefficient (Wildman–Crippen LogP) is 9.82. The maximum Gasteiger partial charge on any atom is 0.318 e. The lowest BCUT2D eigenvalue weighted by atomic mass is 9.95. The number of nitrogens with one attached hydrogen (secondary N) is 2. The topological polar surface area (TPSA) is 187 Å². The van der Waals surface area contributed by atoms with Gasteiger partial charge in [0.1, 0.15) is 34.6 Å². The van der Waals surface area contributed by atoms with Crippen molar-refractivity contribution in [3.8, 4) is 33.5 Å². The lowest BCUT2D eigenvalue weighted by Gasteiger charge is -2.34. The smallest absolute Gasteiger partial charge is 0.318 e. The molecule has 5 saturated heterocycles. The van der Waals surface area contributed by atoms with Crippen LogP contribution < -0.4 is 25.2 Å². The minimum atomic E-state index is -0.546. The highest BCUT2D eigenvalue weighted by molar-refractivity contribution is 7.13. The van der Waals surface area contributed by atoms with E-state index in [0.717, 1.165) is 128 Å². The molecule has 80 heavy (non-hydrogen) atoms. The molecule has 5 aliphatic rings. The standard InChI is InChI=1S/C32H42N6O4S.C26H26FN5O2.C3H8/c1-21(23-6-8-24(9-7-23)31-22(2)33-20-43-31)34-32(40)28-5-4-13-38(28)30(39)18-27-17-29(35-42-27)37-15-11-25(12-16-37)41-26-10-14-36(3)19-26;1-3-14-5-4-6-15-9-18(33)10-19(21(14)15)23-22(27)24-20(11-28-23)25(31-26(30-24)34-2)32-12-16-7-8-17(13-32)29-16;1-3-2/h6-9,17,20-21,25-26,28H,4-5,10-16,18-19H2,1-3H3,(H,34,40);4-6,9-11,16-17,29,33H,3,7-8,12-13H2,1-2H3;3H2,1-2H3. The Bertz CT molecular complexity index is 3260. The number of aromatic hydroxyl groups is 1. The predicted molar refractivity (Wildman–Crippen MR) is 312 cm³/mol. The molecule has 424 valence electrons. The highest BCUT2D eigenvalue weighted by Gasteiger charge is 2.37. The van der Waals surface area contributed by atoms with Crippen molar-refractivity contribution in [3.05, 3.63) is 101 Å². The third kappa shape index (κ3) is 12.6. The SMILES string of the molecule is CCC.CCc1cccc2cc(O)cc(-c3ncc4c(N5CC6CCC(C5)N6)nc(OC)nc4c3F)c12.Cc1ncsc1-c1ccc(C(C)NC(=O)C2CCCN2C(=O)Cc2cc(N3CCC(OC4CCN(C)C4)CC3)no2)cc1. The summed E-state index contributed by atoms with van der Waals surface area (Å²) in [5, 5.41) is 23.7. The highest BCUT2D eigenvalue weighted by atomic mass is 32.1. The number of carbonyl (C=O) groups excluding carboxylic acids is 2. The second-order valence-electron chi connectivity index (χ2n) is 22.0. The van der Waals surface area contributed by atoms with Crippen LogP contribution in [0.3, 0.4) is 0 Å². The molecule has 5 unspecified atom stereocenters. The number of amides is 2. The van der Waals surface area contributed by atoms with E-state index in [2.05, 4.69) is 90.4 Å². The highest BCUT2D eigenvalue weighted by Crippen LogP contribution is 2.39. The number of aryl methyl sites for hydroxylation is 2. The molecule has 17 nitrogen and oxygen atoms in total. The Balaban J connectivity index is 0.000000176. The van der Waals surface area contributed by atoms with Gasteiger partial charge in [0, 0.05) is 75.7 Å². The Kier molecular flexibility index (Phi) is 17.9. The Morgan fingerprint density at radius 2 is 1.66 bits per heavy atom. The van der Waals surface area contributed by atoms with Crippen LogP contribution in [0.4, 0.5) is 16.0 Å². The quantitative estimate of drug-likeness (QED) is 0.0990. The molecular weight excluding hydrogens is 1030 g/mol. The number of thiazole rings is 1. The van der Waals surface area contributed by atoms with E-state index in [-0.39, 0.29) is 53.4 Å². The molecule has 4 aromatic heterocycles. The summed E-state index contributed by atoms with van der Waals surface area (Å²) < 4.78 is 33.4. The summed E-state index contributed by atoms with van der Waals surface area (Å²) in [4.78, 5) is 54.0. The summed E-state index contributed by atoms with van der Waals surface area (Å²) >= 11 is 1.62. The number of phenolic OH excluding ortho intramolecular Hbond substituents is 1. The molecule has 5 fully saturated rings. The minimum absolute atomic E-state index is 0.0642. The first-order chi connectivity index (χ1) is 38.8. The second-order valence-corrected chi connectivity index (χ2v) is 22.9. The van der Waals surface area contributed by atoms with Gasteiger partial charge < -0.3 is 49.3 Å². The van der Waals surface area contributed by atoms with E-state index in [0.29, 0.717) is 53.7 Å². The van der Waals surface area contributed by atoms with Crippen LogP contribution in [0.25, 0.3) is 43.4 Å². The monoisotopic (exact) mass is 1110 g/mol. The number of fused-ring (bicyclic) bond motifs is 4. The van der Waals surface area contributed by atoms with Crippen molar-refractivity contribution in [3.63, 3.8) is 0 Å². The van der Waals surface area contributed by atoms with Crippen molar-refractivity contribution in [1.82, 2.24) is 45.5 Å². The van der Waals surface area contributed by atoms with Crippen molar-refractivity contribution in [2.24, 2.45) is 0 Å². The van der Waals surface area contributed by atoms with Crippen LogP contribution in [0.1, 0.15) is 108 Å². The van der Waals surface area contributed by atoms with E-state index in [4.69, 9.17) is 14.0 Å². The van der Waals surface area contributed by atoms with Gasteiger partial charge in [-0.3, -0.25) is 14.6 Å². The Hall–Kier alpha value is -6.80. The van der Waals surface area contributed by atoms with Crippen molar-refractivity contribution in [2.45, 2.75) is 135 Å². The molecule has 0 aliphatic carbocycles. The number of likely N-dealkylation sites (N-methyl/N-ethyl adjacent to an activating group) is 1. The number of anilines is 2. The number of phenols is 1. The summed E-state index contributed by atoms with van der Waals surface area (Å²) in [7, 11) is 3.63. The van der Waals surface area contributed by atoms with Crippen LogP contribution in [0.2, 0.25) is 0 Å². The van der Waals surface area contributed by atoms with Gasteiger partial charge >= 0.3 is 6.01 Å². The molecule has 5 aliphatic heterocycles. The number of aromatic nitrogens is 5. The van der Waals surface area contributed by atoms with Gasteiger partial charge in [-0.1, -0.05) is 74.8 Å². The van der Waals surface area contributed by atoms with Crippen LogP contribution in [0, 0.1) is 12.7 Å². The van der Waals surface area contributed by atoms with Crippen molar-refractivity contribution in [1.29, 1.82) is 0 Å². The van der Waals surface area contributed by atoms with E-state index in [1.807, 2.05) is 55.8 Å². The van der Waals surface area contributed by atoms with Gasteiger partial charge in [0.05, 0.1) is 53.2 Å². The maximum atomic E-state index is 16.2. The molecule has 2 amide bonds. The number of pyridine rings is 1. The van der Waals surface area contributed by atoms with Gasteiger partial charge in [-0.15, -0.1) is 11.3 Å². The number of piperazine rings is 1. The number of carbonyl (C=O) groups is 2. The van der Waals surface area contributed by atoms with Crippen LogP contribution >= 0.6 is 11.3 Å². The number of methoxy groups -OCH3 is 1. The molecule has 12 rings (SSSR count). The molecule has 5 atom stereocenters. The van der Waals surface area contributed by atoms with Crippen molar-refractivity contribution in [2.75, 3.05) is 69.8 Å². The fourth-order valence-electron chi connectivity index (χ4n) is 12.0. The summed E-state index contributed by atoms with van der Waals surface area (Å²) in [6.07, 6.45) is 11.1. The summed E-state index contributed by atoms with van der Waals surface area (Å²) in [6, 6.07) is 19.5. The lowest BCUT2D eigenvalue weighted by molar-refractivity contribution is -0.138. The number of rotatable bonds is 13. The molecule has 0 saturated carbocycles. The molecule has 3 aromatic carbocycles. The summed E-state index contributed by atoms with van der Waals surface area (Å²) in [5.74, 6) is 1.24. The lowest BCUT2D eigenvalue weighted by Crippen LogP contribution is -2.51. The van der Waals surface area contributed by atoms with E-state index in [1.54, 1.807) is 34.6 Å². The zero-order chi connectivity index (χ0) is 56.0. The Morgan fingerprint density at radius 3 is 2.35 bits per heavy atom. The van der Waals surface area contributed by atoms with Crippen molar-refractivity contribution >= 4 is 56.5 Å². The van der Waals surface area contributed by atoms with Gasteiger partial charge in [-0.2, -0.15) is 9.97 Å². The Labute approximate surface area is 472 Å². The number of likely N-dealkylation sites (tertiary alicyclic amines) is 2. The van der Waals surface area contributed by atoms with E-state index in [1.165, 1.54) is 13.5 Å². The zero-order valence-corrected chi connectivity index (χ0v) is 48.0. The third-order valence-corrected chi connectivity index (χ3v) is 17.0. The van der Waals surface area contributed by atoms with Crippen molar-refractivity contribution < 1.29 is 33.1 Å². The van der Waals surface area contributed by atoms with E-state index in [9.17, 15) is 14.7 Å². The Morgan fingerprint density at radius 1 is 0.912 bits per heavy atom. The first-order valence-corrected chi connectivity index (χ1v) is 29.5. The van der Waals surface area contributed by atoms with Gasteiger partial charge in [-0.25, -0.2) is 9.37 Å². The molecule has 0 radical (unpaired) electrons. The van der Waals surface area contributed by atoms with Gasteiger partial charge in [0.2, 0.25) is 11.8 Å². The average molecular weight is 1110 g/mol. The fourth-order valence-corrected chi connectivity index (χ4v) is 12.8. The van der Waals surface area contributed by atoms with Gasteiger partial charge in [-0.05, 0) is 112 Å². The largest absolute Gasteiger partial charge is 0.508 e. The van der Waals surface area contributed by atoms with Crippen LogP contribution in [-0.4, -0.2) is 142 Å². The molecule has 3 N–H and O–H groups in total. The number of ether oxygens (including phenoxy) is 2. The molecule has 2 bridgehead atoms. The molecule has 9 heterocycles. The summed E-state index contributed by atoms with van der Waals surface area (Å²) in [6.45, 7) is 16.3. The van der Waals surface area contributed by atoms with Gasteiger partial charge in [0.15, 0.2) is 11.6 Å². The van der Waals surface area contributed by atoms with E-state index < -0.39 is 11.9 Å². The third-order valence-electron chi connectivity index (χ3n) is 16.1. The maximum absolute atomic E-state index is 16.2. The van der Waals surface area contributed by atoms with Crippen LogP contribution in [0.15, 0.2) is 76.9 Å². The number of piperidine rings is 1. The summed E-state index contributed by atoms with van der Waals surface area (Å²) in [5.41, 5.74) is 6.95. The number of halogens is 1. The molecule has 0 spiro atoms. The number of hydrogen-bond acceptors (Lipinski definition) is 16. The number of hydrogen-bond donors (Lipinski definition) is 3. The number of benzene rings is 3. The first-order valence-electron chi connectivity index (χ1n) is 28.6. The molecule has 19 heteroatoms. The van der Waals surface area contributed by atoms with E-state index >= 15 is 4.39 Å². The second kappa shape index (κ2) is 25.3. The fraction of sp³-hybridized carbons (Fsp3) is 0.492. The molecular formula is C61H76FN11O6S. The van der Waals surface area contributed by atoms with Crippen LogP contribution in [0.5, 0.6) is 11.8 Å². The minimum Gasteiger partial charge on any atom is -0.508 e. The number of nitrogens with zero attached hydrogens (tertiary/aromatic N) is 9.